The first-order valence-electron chi connectivity index (χ1n) is 10.5. The van der Waals surface area contributed by atoms with Crippen molar-refractivity contribution in [3.8, 4) is 5.75 Å². The summed E-state index contributed by atoms with van der Waals surface area (Å²) in [6.07, 6.45) is 2.39. The average Bonchev–Trinajstić information content (AvgIpc) is 2.79. The van der Waals surface area contributed by atoms with Gasteiger partial charge in [0.2, 0.25) is 0 Å². The van der Waals surface area contributed by atoms with Gasteiger partial charge in [-0.3, -0.25) is 4.90 Å². The first kappa shape index (κ1) is 19.7. The van der Waals surface area contributed by atoms with E-state index in [0.717, 1.165) is 25.4 Å². The van der Waals surface area contributed by atoms with Crippen LogP contribution in [0.3, 0.4) is 0 Å². The highest BCUT2D eigenvalue weighted by molar-refractivity contribution is 5.33. The Morgan fingerprint density at radius 1 is 0.897 bits per heavy atom. The summed E-state index contributed by atoms with van der Waals surface area (Å²) in [6, 6.07) is 30.8. The summed E-state index contributed by atoms with van der Waals surface area (Å²) in [7, 11) is 1.74. The number of nitrogens with one attached hydrogen (secondary N) is 1. The molecule has 3 nitrogen and oxygen atoms in total. The largest absolute Gasteiger partial charge is 0.496 e. The van der Waals surface area contributed by atoms with E-state index in [1.165, 1.54) is 29.5 Å². The number of benzene rings is 3. The molecule has 3 aromatic carbocycles. The minimum Gasteiger partial charge on any atom is -0.496 e. The van der Waals surface area contributed by atoms with Gasteiger partial charge in [0.05, 0.1) is 13.2 Å². The molecule has 0 spiro atoms. The van der Waals surface area contributed by atoms with Gasteiger partial charge in [-0.2, -0.15) is 0 Å². The summed E-state index contributed by atoms with van der Waals surface area (Å²) in [4.78, 5) is 2.63. The Morgan fingerprint density at radius 2 is 1.59 bits per heavy atom. The van der Waals surface area contributed by atoms with Crippen molar-refractivity contribution in [2.75, 3.05) is 13.7 Å². The summed E-state index contributed by atoms with van der Waals surface area (Å²) >= 11 is 0. The van der Waals surface area contributed by atoms with Crippen LogP contribution in [0.2, 0.25) is 0 Å². The SMILES string of the molecule is COc1ccccc1CNC1CCCN(Cc2ccccc2)C1c1ccccc1. The Bertz CT molecular complexity index is 881. The fourth-order valence-corrected chi connectivity index (χ4v) is 4.46. The van der Waals surface area contributed by atoms with Crippen LogP contribution in [0.15, 0.2) is 84.9 Å². The van der Waals surface area contributed by atoms with E-state index in [0.29, 0.717) is 12.1 Å². The molecule has 29 heavy (non-hydrogen) atoms. The van der Waals surface area contributed by atoms with E-state index < -0.39 is 0 Å². The van der Waals surface area contributed by atoms with Gasteiger partial charge in [0, 0.05) is 24.7 Å². The average molecular weight is 387 g/mol. The Balaban J connectivity index is 1.56. The number of para-hydroxylation sites is 1. The van der Waals surface area contributed by atoms with Gasteiger partial charge >= 0.3 is 0 Å². The van der Waals surface area contributed by atoms with Crippen molar-refractivity contribution in [2.45, 2.75) is 38.0 Å². The molecule has 0 radical (unpaired) electrons. The van der Waals surface area contributed by atoms with Gasteiger partial charge in [0.1, 0.15) is 5.75 Å². The van der Waals surface area contributed by atoms with Crippen molar-refractivity contribution in [3.05, 3.63) is 102 Å². The highest BCUT2D eigenvalue weighted by atomic mass is 16.5. The van der Waals surface area contributed by atoms with Crippen molar-refractivity contribution in [1.29, 1.82) is 0 Å². The molecular weight excluding hydrogens is 356 g/mol. The van der Waals surface area contributed by atoms with Gasteiger partial charge in [0.15, 0.2) is 0 Å². The second kappa shape index (κ2) is 9.73. The zero-order valence-corrected chi connectivity index (χ0v) is 17.1. The third-order valence-corrected chi connectivity index (χ3v) is 5.85. The van der Waals surface area contributed by atoms with Crippen molar-refractivity contribution >= 4 is 0 Å². The fourth-order valence-electron chi connectivity index (χ4n) is 4.46. The van der Waals surface area contributed by atoms with Crippen molar-refractivity contribution in [2.24, 2.45) is 0 Å². The quantitative estimate of drug-likeness (QED) is 0.605. The predicted molar refractivity (Wildman–Crippen MR) is 119 cm³/mol. The predicted octanol–water partition coefficient (Wildman–Crippen LogP) is 5.19. The Morgan fingerprint density at radius 3 is 2.34 bits per heavy atom. The summed E-state index contributed by atoms with van der Waals surface area (Å²) in [5, 5.41) is 3.86. The number of piperidine rings is 1. The number of hydrogen-bond acceptors (Lipinski definition) is 3. The second-order valence-corrected chi connectivity index (χ2v) is 7.75. The number of nitrogens with zero attached hydrogens (tertiary/aromatic N) is 1. The maximum Gasteiger partial charge on any atom is 0.123 e. The molecule has 3 heteroatoms. The van der Waals surface area contributed by atoms with Gasteiger partial charge in [-0.25, -0.2) is 0 Å². The third kappa shape index (κ3) is 4.87. The van der Waals surface area contributed by atoms with E-state index in [1.54, 1.807) is 7.11 Å². The lowest BCUT2D eigenvalue weighted by Gasteiger charge is -2.42. The molecule has 150 valence electrons. The van der Waals surface area contributed by atoms with Crippen LogP contribution >= 0.6 is 0 Å². The van der Waals surface area contributed by atoms with Gasteiger partial charge in [-0.15, -0.1) is 0 Å². The minimum atomic E-state index is 0.361. The first-order valence-corrected chi connectivity index (χ1v) is 10.5. The van der Waals surface area contributed by atoms with Crippen molar-refractivity contribution < 1.29 is 4.74 Å². The Hall–Kier alpha value is -2.62. The maximum absolute atomic E-state index is 5.55. The topological polar surface area (TPSA) is 24.5 Å². The van der Waals surface area contributed by atoms with E-state index in [1.807, 2.05) is 12.1 Å². The molecule has 1 fully saturated rings. The normalized spacial score (nSPS) is 19.8. The Labute approximate surface area is 174 Å². The van der Waals surface area contributed by atoms with Crippen LogP contribution in [0.5, 0.6) is 5.75 Å². The first-order chi connectivity index (χ1) is 14.3. The monoisotopic (exact) mass is 386 g/mol. The molecule has 1 N–H and O–H groups in total. The van der Waals surface area contributed by atoms with Crippen LogP contribution < -0.4 is 10.1 Å². The fraction of sp³-hybridized carbons (Fsp3) is 0.308. The lowest BCUT2D eigenvalue weighted by atomic mass is 9.89. The van der Waals surface area contributed by atoms with Crippen LogP contribution in [-0.2, 0) is 13.1 Å². The molecule has 1 aliphatic rings. The molecule has 4 rings (SSSR count). The van der Waals surface area contributed by atoms with Gasteiger partial charge in [-0.1, -0.05) is 78.9 Å². The number of likely N-dealkylation sites (tertiary alicyclic amines) is 1. The maximum atomic E-state index is 5.55. The Kier molecular flexibility index (Phi) is 6.60. The molecule has 2 unspecified atom stereocenters. The zero-order chi connectivity index (χ0) is 19.9. The number of rotatable bonds is 7. The standard InChI is InChI=1S/C26H30N2O/c1-29-25-17-9-8-15-23(25)19-27-24-16-10-18-28(20-21-11-4-2-5-12-21)26(24)22-13-6-3-7-14-22/h2-9,11-15,17,24,26-27H,10,16,18-20H2,1H3. The molecule has 3 aromatic rings. The van der Waals surface area contributed by atoms with Crippen molar-refractivity contribution in [1.82, 2.24) is 10.2 Å². The van der Waals surface area contributed by atoms with E-state index in [-0.39, 0.29) is 0 Å². The van der Waals surface area contributed by atoms with E-state index in [9.17, 15) is 0 Å². The van der Waals surface area contributed by atoms with Crippen LogP contribution in [0.4, 0.5) is 0 Å². The van der Waals surface area contributed by atoms with Crippen molar-refractivity contribution in [3.63, 3.8) is 0 Å². The molecule has 0 bridgehead atoms. The highest BCUT2D eigenvalue weighted by Crippen LogP contribution is 2.33. The lowest BCUT2D eigenvalue weighted by Crippen LogP contribution is -2.47. The van der Waals surface area contributed by atoms with Crippen LogP contribution in [-0.4, -0.2) is 24.6 Å². The molecule has 2 atom stereocenters. The van der Waals surface area contributed by atoms with Crippen LogP contribution in [0, 0.1) is 0 Å². The molecule has 0 amide bonds. The summed E-state index contributed by atoms with van der Waals surface area (Å²) in [6.45, 7) is 2.92. The van der Waals surface area contributed by atoms with E-state index in [2.05, 4.69) is 83.0 Å². The zero-order valence-electron chi connectivity index (χ0n) is 17.1. The van der Waals surface area contributed by atoms with E-state index in [4.69, 9.17) is 4.74 Å². The number of ether oxygens (including phenoxy) is 1. The number of hydrogen-bond donors (Lipinski definition) is 1. The summed E-state index contributed by atoms with van der Waals surface area (Å²) in [5.74, 6) is 0.952. The molecule has 0 aliphatic carbocycles. The summed E-state index contributed by atoms with van der Waals surface area (Å²) < 4.78 is 5.55. The smallest absolute Gasteiger partial charge is 0.123 e. The molecule has 1 heterocycles. The second-order valence-electron chi connectivity index (χ2n) is 7.75. The molecular formula is C26H30N2O. The lowest BCUT2D eigenvalue weighted by molar-refractivity contribution is 0.103. The summed E-state index contributed by atoms with van der Waals surface area (Å²) in [5.41, 5.74) is 3.97. The van der Waals surface area contributed by atoms with Gasteiger partial charge < -0.3 is 10.1 Å². The minimum absolute atomic E-state index is 0.361. The van der Waals surface area contributed by atoms with E-state index >= 15 is 0 Å². The molecule has 0 saturated carbocycles. The molecule has 1 saturated heterocycles. The highest BCUT2D eigenvalue weighted by Gasteiger charge is 2.32. The van der Waals surface area contributed by atoms with Gasteiger partial charge in [-0.05, 0) is 36.6 Å². The number of methoxy groups -OCH3 is 1. The molecule has 1 aliphatic heterocycles. The van der Waals surface area contributed by atoms with Crippen LogP contribution in [0.1, 0.15) is 35.6 Å². The van der Waals surface area contributed by atoms with Gasteiger partial charge in [0.25, 0.3) is 0 Å². The molecule has 0 aromatic heterocycles. The third-order valence-electron chi connectivity index (χ3n) is 5.85. The van der Waals surface area contributed by atoms with Crippen LogP contribution in [0.25, 0.3) is 0 Å².